The Bertz CT molecular complexity index is 1020. The minimum Gasteiger partial charge on any atom is -0.494 e. The van der Waals surface area contributed by atoms with E-state index in [0.717, 1.165) is 17.7 Å². The Morgan fingerprint density at radius 2 is 1.90 bits per heavy atom. The molecule has 0 aliphatic rings. The Kier molecular flexibility index (Phi) is 6.96. The molecule has 0 spiro atoms. The highest BCUT2D eigenvalue weighted by Gasteiger charge is 2.29. The van der Waals surface area contributed by atoms with E-state index in [1.165, 1.54) is 24.7 Å². The van der Waals surface area contributed by atoms with Crippen molar-refractivity contribution in [2.75, 3.05) is 6.61 Å². The van der Waals surface area contributed by atoms with Crippen molar-refractivity contribution in [2.45, 2.75) is 31.7 Å². The monoisotopic (exact) mass is 433 g/mol. The number of hydrogen-bond acceptors (Lipinski definition) is 4. The van der Waals surface area contributed by atoms with Crippen LogP contribution in [0.2, 0.25) is 0 Å². The first-order chi connectivity index (χ1) is 14.7. The third-order valence-electron chi connectivity index (χ3n) is 4.64. The predicted octanol–water partition coefficient (Wildman–Crippen LogP) is 3.89. The minimum atomic E-state index is -4.37. The average Bonchev–Trinajstić information content (AvgIpc) is 3.20. The lowest BCUT2D eigenvalue weighted by atomic mass is 10.0. The van der Waals surface area contributed by atoms with Crippen molar-refractivity contribution in [3.8, 4) is 16.9 Å². The van der Waals surface area contributed by atoms with Crippen LogP contribution in [0, 0.1) is 0 Å². The summed E-state index contributed by atoms with van der Waals surface area (Å²) in [5.74, 6) is -0.0345. The fourth-order valence-corrected chi connectivity index (χ4v) is 3.05. The number of carbonyl (C=O) groups is 1. The highest BCUT2D eigenvalue weighted by molar-refractivity contribution is 5.90. The number of nitrogens with two attached hydrogens (primary N) is 1. The molecule has 1 aromatic heterocycles. The van der Waals surface area contributed by atoms with E-state index in [0.29, 0.717) is 30.8 Å². The molecule has 1 atom stereocenters. The molecule has 0 unspecified atom stereocenters. The second-order valence-corrected chi connectivity index (χ2v) is 7.07. The quantitative estimate of drug-likeness (QED) is 0.501. The summed E-state index contributed by atoms with van der Waals surface area (Å²) in [6.07, 6.45) is -1.03. The van der Waals surface area contributed by atoms with E-state index >= 15 is 0 Å². The van der Waals surface area contributed by atoms with Gasteiger partial charge in [0.05, 0.1) is 24.6 Å². The summed E-state index contributed by atoms with van der Waals surface area (Å²) in [5, 5.41) is 10.1. The van der Waals surface area contributed by atoms with Crippen molar-refractivity contribution in [1.82, 2.24) is 9.55 Å². The molecule has 3 rings (SSSR count). The Morgan fingerprint density at radius 3 is 2.55 bits per heavy atom. The minimum absolute atomic E-state index is 0.142. The van der Waals surface area contributed by atoms with E-state index in [9.17, 15) is 23.1 Å². The van der Waals surface area contributed by atoms with Crippen LogP contribution in [0.25, 0.3) is 11.1 Å². The molecule has 2 aromatic carbocycles. The van der Waals surface area contributed by atoms with Crippen LogP contribution in [0.15, 0.2) is 61.1 Å². The maximum absolute atomic E-state index is 12.7. The van der Waals surface area contributed by atoms with E-state index in [2.05, 4.69) is 4.98 Å². The molecule has 1 heterocycles. The zero-order valence-corrected chi connectivity index (χ0v) is 16.5. The number of aromatic nitrogens is 2. The number of hydrogen-bond donors (Lipinski definition) is 2. The lowest BCUT2D eigenvalue weighted by molar-refractivity contribution is -0.137. The first-order valence-electron chi connectivity index (χ1n) is 9.62. The van der Waals surface area contributed by atoms with Gasteiger partial charge in [0.1, 0.15) is 11.4 Å². The van der Waals surface area contributed by atoms with Crippen LogP contribution in [-0.4, -0.2) is 33.3 Å². The molecule has 31 heavy (non-hydrogen) atoms. The molecule has 1 amide bonds. The maximum atomic E-state index is 12.7. The molecular formula is C22H22F3N3O3. The first kappa shape index (κ1) is 22.4. The maximum Gasteiger partial charge on any atom is 0.416 e. The number of alkyl halides is 3. The number of rotatable bonds is 9. The summed E-state index contributed by atoms with van der Waals surface area (Å²) in [4.78, 5) is 14.9. The molecule has 0 saturated heterocycles. The number of nitrogens with zero attached hydrogens (tertiary/aromatic N) is 2. The standard InChI is InChI=1S/C22H22F3N3O3/c23-22(24,25)17-8-6-15(7-9-17)16-3-1-5-19(11-16)31-10-2-4-18(29)12-28-13-20(21(26)30)27-14-28/h1,3,5-9,11,13-14,18,29H,2,4,10,12H2,(H2,26,30)/t18-/m0/s1. The summed E-state index contributed by atoms with van der Waals surface area (Å²) in [6.45, 7) is 0.647. The molecule has 6 nitrogen and oxygen atoms in total. The summed E-state index contributed by atoms with van der Waals surface area (Å²) in [6, 6.07) is 12.1. The lowest BCUT2D eigenvalue weighted by Crippen LogP contribution is -2.16. The molecule has 164 valence electrons. The summed E-state index contributed by atoms with van der Waals surface area (Å²) in [5.41, 5.74) is 6.00. The van der Waals surface area contributed by atoms with Gasteiger partial charge < -0.3 is 20.1 Å². The largest absolute Gasteiger partial charge is 0.494 e. The molecule has 3 aromatic rings. The number of ether oxygens (including phenoxy) is 1. The van der Waals surface area contributed by atoms with Crippen molar-refractivity contribution in [2.24, 2.45) is 5.73 Å². The Morgan fingerprint density at radius 1 is 1.16 bits per heavy atom. The van der Waals surface area contributed by atoms with Crippen LogP contribution in [0.3, 0.4) is 0 Å². The van der Waals surface area contributed by atoms with Crippen molar-refractivity contribution in [3.05, 3.63) is 72.3 Å². The number of aliphatic hydroxyl groups excluding tert-OH is 1. The molecule has 3 N–H and O–H groups in total. The van der Waals surface area contributed by atoms with E-state index in [1.807, 2.05) is 0 Å². The van der Waals surface area contributed by atoms with E-state index in [1.54, 1.807) is 28.8 Å². The van der Waals surface area contributed by atoms with Crippen LogP contribution in [0.5, 0.6) is 5.75 Å². The van der Waals surface area contributed by atoms with Crippen LogP contribution >= 0.6 is 0 Å². The van der Waals surface area contributed by atoms with Gasteiger partial charge in [0, 0.05) is 12.7 Å². The van der Waals surface area contributed by atoms with Crippen LogP contribution in [-0.2, 0) is 12.7 Å². The van der Waals surface area contributed by atoms with Gasteiger partial charge >= 0.3 is 6.18 Å². The van der Waals surface area contributed by atoms with Crippen LogP contribution < -0.4 is 10.5 Å². The van der Waals surface area contributed by atoms with Gasteiger partial charge in [0.25, 0.3) is 5.91 Å². The average molecular weight is 433 g/mol. The molecule has 0 radical (unpaired) electrons. The molecule has 0 bridgehead atoms. The smallest absolute Gasteiger partial charge is 0.416 e. The molecule has 9 heteroatoms. The summed E-state index contributed by atoms with van der Waals surface area (Å²) >= 11 is 0. The van der Waals surface area contributed by atoms with Gasteiger partial charge in [0.2, 0.25) is 0 Å². The SMILES string of the molecule is NC(=O)c1cn(C[C@@H](O)CCCOc2cccc(-c3ccc(C(F)(F)F)cc3)c2)cn1. The molecule has 0 fully saturated rings. The highest BCUT2D eigenvalue weighted by Crippen LogP contribution is 2.31. The molecular weight excluding hydrogens is 411 g/mol. The van der Waals surface area contributed by atoms with E-state index in [-0.39, 0.29) is 12.2 Å². The zero-order valence-electron chi connectivity index (χ0n) is 16.5. The lowest BCUT2D eigenvalue weighted by Gasteiger charge is -2.12. The molecule has 0 saturated carbocycles. The first-order valence-corrected chi connectivity index (χ1v) is 9.62. The summed E-state index contributed by atoms with van der Waals surface area (Å²) in [7, 11) is 0. The second kappa shape index (κ2) is 9.65. The van der Waals surface area contributed by atoms with Gasteiger partial charge in [-0.15, -0.1) is 0 Å². The highest BCUT2D eigenvalue weighted by atomic mass is 19.4. The Labute approximate surface area is 177 Å². The molecule has 0 aliphatic heterocycles. The van der Waals surface area contributed by atoms with Crippen LogP contribution in [0.4, 0.5) is 13.2 Å². The number of carbonyl (C=O) groups excluding carboxylic acids is 1. The number of imidazole rings is 1. The van der Waals surface area contributed by atoms with Crippen molar-refractivity contribution < 1.29 is 27.8 Å². The zero-order chi connectivity index (χ0) is 22.4. The van der Waals surface area contributed by atoms with Gasteiger partial charge in [-0.2, -0.15) is 13.2 Å². The number of primary amides is 1. The van der Waals surface area contributed by atoms with Gasteiger partial charge in [-0.25, -0.2) is 4.98 Å². The third kappa shape index (κ3) is 6.32. The topological polar surface area (TPSA) is 90.4 Å². The predicted molar refractivity (Wildman–Crippen MR) is 108 cm³/mol. The van der Waals surface area contributed by atoms with Gasteiger partial charge in [-0.1, -0.05) is 24.3 Å². The normalized spacial score (nSPS) is 12.5. The van der Waals surface area contributed by atoms with Gasteiger partial charge in [-0.3, -0.25) is 4.79 Å². The van der Waals surface area contributed by atoms with E-state index < -0.39 is 23.8 Å². The number of aliphatic hydroxyl groups is 1. The Balaban J connectivity index is 1.48. The fourth-order valence-electron chi connectivity index (χ4n) is 3.05. The number of benzene rings is 2. The second-order valence-electron chi connectivity index (χ2n) is 7.07. The third-order valence-corrected chi connectivity index (χ3v) is 4.64. The number of halogens is 3. The van der Waals surface area contributed by atoms with Crippen molar-refractivity contribution >= 4 is 5.91 Å². The molecule has 0 aliphatic carbocycles. The fraction of sp³-hybridized carbons (Fsp3) is 0.273. The summed E-state index contributed by atoms with van der Waals surface area (Å²) < 4.78 is 45.4. The van der Waals surface area contributed by atoms with E-state index in [4.69, 9.17) is 10.5 Å². The van der Waals surface area contributed by atoms with Gasteiger partial charge in [0.15, 0.2) is 0 Å². The van der Waals surface area contributed by atoms with Crippen molar-refractivity contribution in [1.29, 1.82) is 0 Å². The Hall–Kier alpha value is -3.33. The van der Waals surface area contributed by atoms with Crippen molar-refractivity contribution in [3.63, 3.8) is 0 Å². The van der Waals surface area contributed by atoms with Crippen LogP contribution in [0.1, 0.15) is 28.9 Å². The van der Waals surface area contributed by atoms with Gasteiger partial charge in [-0.05, 0) is 48.2 Å². The number of amides is 1.